The largest absolute Gasteiger partial charge is 0.342 e. The topological polar surface area (TPSA) is 67.2 Å². The van der Waals surface area contributed by atoms with E-state index in [1.807, 2.05) is 17.3 Å². The van der Waals surface area contributed by atoms with Crippen LogP contribution in [0.25, 0.3) is 10.2 Å². The summed E-state index contributed by atoms with van der Waals surface area (Å²) in [6.07, 6.45) is 4.13. The van der Waals surface area contributed by atoms with Gasteiger partial charge in [0.25, 0.3) is 5.56 Å². The first kappa shape index (κ1) is 18.9. The van der Waals surface area contributed by atoms with Crippen molar-refractivity contribution >= 4 is 39.9 Å². The van der Waals surface area contributed by atoms with Gasteiger partial charge < -0.3 is 10.2 Å². The predicted molar refractivity (Wildman–Crippen MR) is 99.0 cm³/mol. The number of piperidine rings is 1. The van der Waals surface area contributed by atoms with E-state index >= 15 is 0 Å². The molecule has 0 aromatic carbocycles. The van der Waals surface area contributed by atoms with Crippen LogP contribution >= 0.6 is 23.7 Å². The van der Waals surface area contributed by atoms with E-state index in [1.54, 1.807) is 17.0 Å². The maximum atomic E-state index is 12.4. The lowest BCUT2D eigenvalue weighted by molar-refractivity contribution is -0.133. The summed E-state index contributed by atoms with van der Waals surface area (Å²) in [7, 11) is 1.95. The fourth-order valence-electron chi connectivity index (χ4n) is 3.17. The van der Waals surface area contributed by atoms with Gasteiger partial charge in [0.05, 0.1) is 11.7 Å². The number of halogens is 1. The summed E-state index contributed by atoms with van der Waals surface area (Å²) < 4.78 is 1.54. The molecule has 2 aromatic rings. The highest BCUT2D eigenvalue weighted by Gasteiger charge is 2.23. The normalized spacial score (nSPS) is 17.7. The van der Waals surface area contributed by atoms with Gasteiger partial charge in [-0.3, -0.25) is 14.2 Å². The van der Waals surface area contributed by atoms with Crippen molar-refractivity contribution in [1.82, 2.24) is 19.8 Å². The third-order valence-corrected chi connectivity index (χ3v) is 5.20. The SMILES string of the molecule is CNCC1CCCN(C(=O)CCn2cnc3sccc3c2=O)C1.Cl. The Balaban J connectivity index is 0.00000208. The third kappa shape index (κ3) is 4.15. The van der Waals surface area contributed by atoms with Crippen molar-refractivity contribution in [1.29, 1.82) is 0 Å². The molecule has 24 heavy (non-hydrogen) atoms. The Labute approximate surface area is 151 Å². The highest BCUT2D eigenvalue weighted by molar-refractivity contribution is 7.16. The minimum absolute atomic E-state index is 0. The van der Waals surface area contributed by atoms with Gasteiger partial charge in [0.2, 0.25) is 5.91 Å². The smallest absolute Gasteiger partial charge is 0.262 e. The molecular weight excluding hydrogens is 348 g/mol. The van der Waals surface area contributed by atoms with Crippen LogP contribution in [0, 0.1) is 5.92 Å². The van der Waals surface area contributed by atoms with Crippen molar-refractivity contribution in [3.63, 3.8) is 0 Å². The second-order valence-corrected chi connectivity index (χ2v) is 6.93. The summed E-state index contributed by atoms with van der Waals surface area (Å²) in [6.45, 7) is 2.98. The number of carbonyl (C=O) groups is 1. The first-order valence-electron chi connectivity index (χ1n) is 8.04. The van der Waals surface area contributed by atoms with Gasteiger partial charge in [-0.1, -0.05) is 0 Å². The molecule has 1 aliphatic rings. The van der Waals surface area contributed by atoms with E-state index in [2.05, 4.69) is 10.3 Å². The van der Waals surface area contributed by atoms with Gasteiger partial charge >= 0.3 is 0 Å². The van der Waals surface area contributed by atoms with Crippen LogP contribution in [0.3, 0.4) is 0 Å². The van der Waals surface area contributed by atoms with Crippen LogP contribution in [-0.2, 0) is 11.3 Å². The second kappa shape index (κ2) is 8.60. The highest BCUT2D eigenvalue weighted by Crippen LogP contribution is 2.17. The van der Waals surface area contributed by atoms with Crippen molar-refractivity contribution < 1.29 is 4.79 Å². The Morgan fingerprint density at radius 2 is 2.33 bits per heavy atom. The Kier molecular flexibility index (Phi) is 6.77. The summed E-state index contributed by atoms with van der Waals surface area (Å²) in [4.78, 5) is 31.7. The lowest BCUT2D eigenvalue weighted by atomic mass is 9.98. The zero-order chi connectivity index (χ0) is 16.2. The van der Waals surface area contributed by atoms with Gasteiger partial charge in [0.1, 0.15) is 4.83 Å². The molecule has 0 saturated carbocycles. The summed E-state index contributed by atoms with van der Waals surface area (Å²) >= 11 is 1.46. The third-order valence-electron chi connectivity index (χ3n) is 4.38. The molecule has 0 aliphatic carbocycles. The number of rotatable bonds is 5. The molecule has 3 rings (SSSR count). The lowest BCUT2D eigenvalue weighted by Crippen LogP contribution is -2.42. The molecule has 2 aromatic heterocycles. The summed E-state index contributed by atoms with van der Waals surface area (Å²) in [5.74, 6) is 0.660. The molecule has 1 N–H and O–H groups in total. The van der Waals surface area contributed by atoms with Crippen molar-refractivity contribution in [2.24, 2.45) is 5.92 Å². The van der Waals surface area contributed by atoms with Gasteiger partial charge in [-0.15, -0.1) is 23.7 Å². The van der Waals surface area contributed by atoms with E-state index in [1.165, 1.54) is 17.8 Å². The molecule has 1 aliphatic heterocycles. The maximum absolute atomic E-state index is 12.4. The molecule has 8 heteroatoms. The van der Waals surface area contributed by atoms with Gasteiger partial charge in [0.15, 0.2) is 0 Å². The Morgan fingerprint density at radius 1 is 1.50 bits per heavy atom. The number of amides is 1. The molecule has 1 unspecified atom stereocenters. The molecule has 3 heterocycles. The highest BCUT2D eigenvalue weighted by atomic mass is 35.5. The number of likely N-dealkylation sites (tertiary alicyclic amines) is 1. The van der Waals surface area contributed by atoms with Crippen molar-refractivity contribution in [2.75, 3.05) is 26.7 Å². The number of carbonyl (C=O) groups excluding carboxylic acids is 1. The molecule has 1 atom stereocenters. The first-order chi connectivity index (χ1) is 11.2. The van der Waals surface area contributed by atoms with Crippen LogP contribution in [0.5, 0.6) is 0 Å². The Morgan fingerprint density at radius 3 is 3.12 bits per heavy atom. The molecule has 0 radical (unpaired) electrons. The number of aryl methyl sites for hydroxylation is 1. The van der Waals surface area contributed by atoms with E-state index < -0.39 is 0 Å². The van der Waals surface area contributed by atoms with Crippen molar-refractivity contribution in [2.45, 2.75) is 25.8 Å². The number of hydrogen-bond acceptors (Lipinski definition) is 5. The van der Waals surface area contributed by atoms with Crippen molar-refractivity contribution in [3.8, 4) is 0 Å². The van der Waals surface area contributed by atoms with Crippen LogP contribution in [0.1, 0.15) is 19.3 Å². The van der Waals surface area contributed by atoms with Gasteiger partial charge in [-0.25, -0.2) is 4.98 Å². The fraction of sp³-hybridized carbons (Fsp3) is 0.562. The van der Waals surface area contributed by atoms with E-state index in [4.69, 9.17) is 0 Å². The van der Waals surface area contributed by atoms with Crippen molar-refractivity contribution in [3.05, 3.63) is 28.1 Å². The first-order valence-corrected chi connectivity index (χ1v) is 8.92. The number of hydrogen-bond donors (Lipinski definition) is 1. The van der Waals surface area contributed by atoms with Gasteiger partial charge in [-0.2, -0.15) is 0 Å². The van der Waals surface area contributed by atoms with Crippen LogP contribution in [-0.4, -0.2) is 47.0 Å². The Bertz CT molecular complexity index is 743. The monoisotopic (exact) mass is 370 g/mol. The number of aromatic nitrogens is 2. The molecular formula is C16H23ClN4O2S. The molecule has 132 valence electrons. The zero-order valence-electron chi connectivity index (χ0n) is 13.7. The van der Waals surface area contributed by atoms with E-state index in [9.17, 15) is 9.59 Å². The molecule has 0 spiro atoms. The number of nitrogens with one attached hydrogen (secondary N) is 1. The van der Waals surface area contributed by atoms with Crippen LogP contribution in [0.2, 0.25) is 0 Å². The van der Waals surface area contributed by atoms with Gasteiger partial charge in [-0.05, 0) is 43.8 Å². The summed E-state index contributed by atoms with van der Waals surface area (Å²) in [5.41, 5.74) is -0.0595. The van der Waals surface area contributed by atoms with E-state index in [-0.39, 0.29) is 23.9 Å². The Hall–Kier alpha value is -1.44. The maximum Gasteiger partial charge on any atom is 0.262 e. The molecule has 1 saturated heterocycles. The number of nitrogens with zero attached hydrogens (tertiary/aromatic N) is 3. The second-order valence-electron chi connectivity index (χ2n) is 6.04. The van der Waals surface area contributed by atoms with Gasteiger partial charge in [0, 0.05) is 26.1 Å². The quantitative estimate of drug-likeness (QED) is 0.870. The summed E-state index contributed by atoms with van der Waals surface area (Å²) in [5, 5.41) is 5.69. The molecule has 1 fully saturated rings. The van der Waals surface area contributed by atoms with Crippen LogP contribution < -0.4 is 10.9 Å². The summed E-state index contributed by atoms with van der Waals surface area (Å²) in [6, 6.07) is 1.79. The minimum atomic E-state index is -0.0595. The molecule has 1 amide bonds. The fourth-order valence-corrected chi connectivity index (χ4v) is 3.90. The standard InChI is InChI=1S/C16H22N4O2S.ClH/c1-17-9-12-3-2-6-19(10-12)14(21)4-7-20-11-18-15-13(16(20)22)5-8-23-15;/h5,8,11-12,17H,2-4,6-7,9-10H2,1H3;1H. The van der Waals surface area contributed by atoms with E-state index in [0.717, 1.165) is 30.9 Å². The minimum Gasteiger partial charge on any atom is -0.342 e. The lowest BCUT2D eigenvalue weighted by Gasteiger charge is -2.32. The van der Waals surface area contributed by atoms with Crippen LogP contribution in [0.4, 0.5) is 0 Å². The molecule has 6 nitrogen and oxygen atoms in total. The number of thiophene rings is 1. The predicted octanol–water partition coefficient (Wildman–Crippen LogP) is 1.73. The van der Waals surface area contributed by atoms with E-state index in [0.29, 0.717) is 24.3 Å². The van der Waals surface area contributed by atoms with Crippen LogP contribution in [0.15, 0.2) is 22.6 Å². The molecule has 0 bridgehead atoms. The zero-order valence-corrected chi connectivity index (χ0v) is 15.4. The average Bonchev–Trinajstić information content (AvgIpc) is 3.04. The number of fused-ring (bicyclic) bond motifs is 1. The average molecular weight is 371 g/mol.